The molecule has 4 aliphatic rings. The van der Waals surface area contributed by atoms with Crippen LogP contribution in [0.15, 0.2) is 0 Å². The highest BCUT2D eigenvalue weighted by atomic mass is 32.2. The van der Waals surface area contributed by atoms with Crippen LogP contribution in [0.1, 0.15) is 91.4 Å². The predicted molar refractivity (Wildman–Crippen MR) is 129 cm³/mol. The SMILES string of the molecule is C[C@@H](CCC(=O)NCCS(=O)(=O)O)[C@@H]1CCC2C3[C@H](O)CC4CCCC[C@@]4(C)[C@H]3CC[C@]21C. The molecule has 9 atom stereocenters. The highest BCUT2D eigenvalue weighted by molar-refractivity contribution is 7.85. The fourth-order valence-electron chi connectivity index (χ4n) is 9.20. The van der Waals surface area contributed by atoms with Crippen molar-refractivity contribution in [2.24, 2.45) is 46.3 Å². The molecule has 0 aromatic carbocycles. The van der Waals surface area contributed by atoms with Crippen LogP contribution in [0.3, 0.4) is 0 Å². The molecule has 0 spiro atoms. The van der Waals surface area contributed by atoms with Gasteiger partial charge in [-0.15, -0.1) is 0 Å². The highest BCUT2D eigenvalue weighted by Crippen LogP contribution is 2.68. The van der Waals surface area contributed by atoms with Gasteiger partial charge in [0.1, 0.15) is 0 Å². The molecule has 7 heteroatoms. The van der Waals surface area contributed by atoms with E-state index in [2.05, 4.69) is 26.1 Å². The van der Waals surface area contributed by atoms with Crippen LogP contribution in [0.25, 0.3) is 0 Å². The Morgan fingerprint density at radius 2 is 1.79 bits per heavy atom. The molecule has 4 saturated carbocycles. The summed E-state index contributed by atoms with van der Waals surface area (Å²) in [5.74, 6) is 2.77. The molecule has 3 unspecified atom stereocenters. The number of amides is 1. The maximum atomic E-state index is 12.2. The summed E-state index contributed by atoms with van der Waals surface area (Å²) in [5, 5.41) is 14.0. The second-order valence-electron chi connectivity index (χ2n) is 12.4. The molecule has 3 N–H and O–H groups in total. The van der Waals surface area contributed by atoms with E-state index in [1.54, 1.807) is 0 Å². The Hall–Kier alpha value is -0.660. The molecule has 0 bridgehead atoms. The van der Waals surface area contributed by atoms with Gasteiger partial charge in [0.15, 0.2) is 0 Å². The Bertz CT molecular complexity index is 831. The Balaban J connectivity index is 1.38. The van der Waals surface area contributed by atoms with E-state index in [-0.39, 0.29) is 24.0 Å². The standard InChI is InChI=1S/C26H45NO5S/c1-17(7-10-23(29)27-14-15-33(30,31)32)19-8-9-20-24-21(11-13-26(19,20)3)25(2)12-5-4-6-18(25)16-22(24)28/h17-22,24,28H,4-16H2,1-3H3,(H,27,29)(H,30,31,32)/t17-,18?,19-,20?,21-,22+,24?,25+,26-/m0/s1. The fourth-order valence-corrected chi connectivity index (χ4v) is 9.56. The van der Waals surface area contributed by atoms with Gasteiger partial charge in [0, 0.05) is 13.0 Å². The van der Waals surface area contributed by atoms with Crippen molar-refractivity contribution in [3.05, 3.63) is 0 Å². The molecule has 1 amide bonds. The fraction of sp³-hybridized carbons (Fsp3) is 0.962. The zero-order valence-electron chi connectivity index (χ0n) is 20.8. The number of hydrogen-bond donors (Lipinski definition) is 3. The van der Waals surface area contributed by atoms with Gasteiger partial charge in [-0.2, -0.15) is 8.42 Å². The molecule has 33 heavy (non-hydrogen) atoms. The monoisotopic (exact) mass is 483 g/mol. The first-order valence-corrected chi connectivity index (χ1v) is 15.0. The quantitative estimate of drug-likeness (QED) is 0.465. The van der Waals surface area contributed by atoms with Crippen molar-refractivity contribution in [2.45, 2.75) is 97.5 Å². The van der Waals surface area contributed by atoms with Crippen molar-refractivity contribution in [1.82, 2.24) is 5.32 Å². The summed E-state index contributed by atoms with van der Waals surface area (Å²) in [7, 11) is -4.05. The number of carbonyl (C=O) groups excluding carboxylic acids is 1. The lowest BCUT2D eigenvalue weighted by atomic mass is 9.44. The first kappa shape index (κ1) is 25.4. The molecule has 4 fully saturated rings. The van der Waals surface area contributed by atoms with Crippen molar-refractivity contribution in [2.75, 3.05) is 12.3 Å². The summed E-state index contributed by atoms with van der Waals surface area (Å²) in [6.45, 7) is 7.23. The van der Waals surface area contributed by atoms with Crippen LogP contribution in [0.4, 0.5) is 0 Å². The van der Waals surface area contributed by atoms with E-state index in [9.17, 15) is 18.3 Å². The Morgan fingerprint density at radius 3 is 2.52 bits per heavy atom. The summed E-state index contributed by atoms with van der Waals surface area (Å²) < 4.78 is 30.5. The van der Waals surface area contributed by atoms with Gasteiger partial charge in [-0.25, -0.2) is 0 Å². The maximum Gasteiger partial charge on any atom is 0.266 e. The summed E-state index contributed by atoms with van der Waals surface area (Å²) >= 11 is 0. The van der Waals surface area contributed by atoms with Crippen LogP contribution in [-0.2, 0) is 14.9 Å². The highest BCUT2D eigenvalue weighted by Gasteiger charge is 2.62. The normalized spacial score (nSPS) is 43.8. The third-order valence-electron chi connectivity index (χ3n) is 10.9. The molecule has 0 aliphatic heterocycles. The van der Waals surface area contributed by atoms with E-state index in [0.717, 1.165) is 12.8 Å². The number of aliphatic hydroxyl groups excluding tert-OH is 1. The molecular weight excluding hydrogens is 438 g/mol. The van der Waals surface area contributed by atoms with Gasteiger partial charge in [0.05, 0.1) is 11.9 Å². The Labute approximate surface area is 200 Å². The third-order valence-corrected chi connectivity index (χ3v) is 11.6. The average molecular weight is 484 g/mol. The van der Waals surface area contributed by atoms with Crippen LogP contribution < -0.4 is 5.32 Å². The van der Waals surface area contributed by atoms with Crippen molar-refractivity contribution in [1.29, 1.82) is 0 Å². The third kappa shape index (κ3) is 4.88. The average Bonchev–Trinajstić information content (AvgIpc) is 3.08. The first-order valence-electron chi connectivity index (χ1n) is 13.4. The Kier molecular flexibility index (Phi) is 7.26. The van der Waals surface area contributed by atoms with Crippen LogP contribution >= 0.6 is 0 Å². The molecule has 0 aromatic heterocycles. The first-order chi connectivity index (χ1) is 15.5. The molecule has 6 nitrogen and oxygen atoms in total. The second kappa shape index (κ2) is 9.42. The lowest BCUT2D eigenvalue weighted by molar-refractivity contribution is -0.164. The minimum Gasteiger partial charge on any atom is -0.393 e. The molecular formula is C26H45NO5S. The molecule has 190 valence electrons. The smallest absolute Gasteiger partial charge is 0.266 e. The van der Waals surface area contributed by atoms with Crippen LogP contribution in [-0.4, -0.2) is 42.4 Å². The topological polar surface area (TPSA) is 104 Å². The number of rotatable bonds is 7. The summed E-state index contributed by atoms with van der Waals surface area (Å²) in [5.41, 5.74) is 0.647. The summed E-state index contributed by atoms with van der Waals surface area (Å²) in [6, 6.07) is 0. The minimum atomic E-state index is -4.05. The number of aliphatic hydroxyl groups is 1. The lowest BCUT2D eigenvalue weighted by Crippen LogP contribution is -2.57. The van der Waals surface area contributed by atoms with E-state index in [1.165, 1.54) is 51.4 Å². The summed E-state index contributed by atoms with van der Waals surface area (Å²) in [6.07, 6.45) is 12.2. The molecule has 0 radical (unpaired) electrons. The maximum absolute atomic E-state index is 12.2. The number of hydrogen-bond acceptors (Lipinski definition) is 4. The van der Waals surface area contributed by atoms with Crippen LogP contribution in [0.2, 0.25) is 0 Å². The molecule has 4 rings (SSSR count). The van der Waals surface area contributed by atoms with E-state index in [1.807, 2.05) is 0 Å². The van der Waals surface area contributed by atoms with E-state index in [0.29, 0.717) is 47.3 Å². The second-order valence-corrected chi connectivity index (χ2v) is 14.0. The van der Waals surface area contributed by atoms with Gasteiger partial charge in [-0.05, 0) is 97.7 Å². The zero-order valence-corrected chi connectivity index (χ0v) is 21.6. The van der Waals surface area contributed by atoms with Gasteiger partial charge >= 0.3 is 0 Å². The predicted octanol–water partition coefficient (Wildman–Crippen LogP) is 4.43. The van der Waals surface area contributed by atoms with Crippen molar-refractivity contribution < 1.29 is 22.9 Å². The number of nitrogens with one attached hydrogen (secondary N) is 1. The van der Waals surface area contributed by atoms with Gasteiger partial charge in [0.2, 0.25) is 5.91 Å². The van der Waals surface area contributed by atoms with E-state index >= 15 is 0 Å². The molecule has 4 aliphatic carbocycles. The molecule has 0 aromatic rings. The van der Waals surface area contributed by atoms with Gasteiger partial charge in [-0.1, -0.05) is 33.6 Å². The largest absolute Gasteiger partial charge is 0.393 e. The van der Waals surface area contributed by atoms with Gasteiger partial charge in [0.25, 0.3) is 10.1 Å². The minimum absolute atomic E-state index is 0.0457. The zero-order chi connectivity index (χ0) is 24.0. The van der Waals surface area contributed by atoms with Crippen molar-refractivity contribution in [3.63, 3.8) is 0 Å². The van der Waals surface area contributed by atoms with E-state index < -0.39 is 15.9 Å². The Morgan fingerprint density at radius 1 is 1.06 bits per heavy atom. The van der Waals surface area contributed by atoms with Crippen molar-refractivity contribution >= 4 is 16.0 Å². The number of fused-ring (bicyclic) bond motifs is 5. The molecule has 0 saturated heterocycles. The lowest BCUT2D eigenvalue weighted by Gasteiger charge is -2.62. The molecule has 0 heterocycles. The van der Waals surface area contributed by atoms with Crippen molar-refractivity contribution in [3.8, 4) is 0 Å². The van der Waals surface area contributed by atoms with Crippen LogP contribution in [0.5, 0.6) is 0 Å². The van der Waals surface area contributed by atoms with Gasteiger partial charge in [-0.3, -0.25) is 9.35 Å². The number of carbonyl (C=O) groups is 1. The van der Waals surface area contributed by atoms with Crippen LogP contribution in [0, 0.1) is 46.3 Å². The van der Waals surface area contributed by atoms with Gasteiger partial charge < -0.3 is 10.4 Å². The van der Waals surface area contributed by atoms with E-state index in [4.69, 9.17) is 4.55 Å². The summed E-state index contributed by atoms with van der Waals surface area (Å²) in [4.78, 5) is 12.2.